The van der Waals surface area contributed by atoms with Gasteiger partial charge in [0.25, 0.3) is 0 Å². The first-order chi connectivity index (χ1) is 68.4. The van der Waals surface area contributed by atoms with Crippen LogP contribution < -0.4 is 0 Å². The van der Waals surface area contributed by atoms with Gasteiger partial charge in [-0.1, -0.05) is 324 Å². The molecule has 0 bridgehead atoms. The predicted octanol–water partition coefficient (Wildman–Crippen LogP) is 31.8. The van der Waals surface area contributed by atoms with Crippen molar-refractivity contribution in [3.8, 4) is 152 Å². The van der Waals surface area contributed by atoms with Crippen LogP contribution in [0, 0.1) is 36.4 Å². The Labute approximate surface area is 855 Å². The van der Waals surface area contributed by atoms with Crippen LogP contribution in [0.3, 0.4) is 0 Å². The summed E-state index contributed by atoms with van der Waals surface area (Å²) < 4.78 is 25.4. The third-order valence-electron chi connectivity index (χ3n) is 25.5. The van der Waals surface area contributed by atoms with Crippen molar-refractivity contribution in [2.75, 3.05) is 0 Å². The van der Waals surface area contributed by atoms with Crippen LogP contribution in [0.4, 0.5) is 0 Å². The van der Waals surface area contributed by atoms with Crippen LogP contribution in [-0.2, 0) is 63.2 Å². The zero-order chi connectivity index (χ0) is 91.4. The van der Waals surface area contributed by atoms with Crippen LogP contribution in [-0.4, -0.2) is 43.6 Å². The Balaban J connectivity index is 0.000000120. The molecule has 12 nitrogen and oxygen atoms in total. The molecule has 0 unspecified atom stereocenters. The molecule has 27 rings (SSSR count). The normalized spacial score (nSPS) is 11.2. The van der Waals surface area contributed by atoms with Gasteiger partial charge in [-0.15, -0.1) is 138 Å². The number of pyridine rings is 3. The Bertz CT molecular complexity index is 9070. The molecule has 18 aromatic carbocycles. The van der Waals surface area contributed by atoms with Crippen molar-refractivity contribution in [1.82, 2.24) is 43.6 Å². The number of benzene rings is 18. The van der Waals surface area contributed by atoms with Crippen molar-refractivity contribution in [3.05, 3.63) is 492 Å². The molecule has 0 fully saturated rings. The third-order valence-corrected chi connectivity index (χ3v) is 25.5. The number of para-hydroxylation sites is 8. The molecule has 0 aliphatic heterocycles. The first kappa shape index (κ1) is 89.5. The van der Waals surface area contributed by atoms with Crippen LogP contribution in [0.5, 0.6) is 0 Å². The van der Waals surface area contributed by atoms with Gasteiger partial charge >= 0.3 is 63.2 Å². The van der Waals surface area contributed by atoms with E-state index in [-0.39, 0.29) is 63.2 Å². The maximum Gasteiger partial charge on any atom is 2.00 e. The summed E-state index contributed by atoms with van der Waals surface area (Å²) in [6.07, 6.45) is 5.44. The summed E-state index contributed by atoms with van der Waals surface area (Å²) in [5.74, 6) is 1.63. The SMILES string of the molecule is [Pt+2].[Pt+2].[Pt+2].[c-]1c(-c2ccccn2)cccc1-n1c2[c-]c(-c3nc4ccccc4o3)cc(-c3ccc(-c4ccccc4)cc3)c2c2ccccc21.[c-]1c(-c2ccccn2)cccc1-n1c2[c-]c(-c3nc4ccccc4o3)ccc2c2ccc(-c3ccc(-c4ccccc4)cc3)cc21.[c-]1c(-c2ccccn2)cccc1-n1c2[c-]c(-c3nc4ccccc4o3)ccc2c2cccc(-c3ccc(-c4ccccc4)cc3)c21. The quantitative estimate of drug-likeness (QED) is 0.0921. The van der Waals surface area contributed by atoms with Gasteiger partial charge < -0.3 is 41.9 Å². The van der Waals surface area contributed by atoms with Crippen LogP contribution >= 0.6 is 0 Å². The van der Waals surface area contributed by atoms with E-state index in [0.29, 0.717) is 17.7 Å². The average Bonchev–Trinajstić information content (AvgIpc) is 1.58. The zero-order valence-electron chi connectivity index (χ0n) is 75.0. The Morgan fingerprint density at radius 2 is 0.553 bits per heavy atom. The first-order valence-electron chi connectivity index (χ1n) is 45.8. The van der Waals surface area contributed by atoms with E-state index in [2.05, 4.69) is 332 Å². The van der Waals surface area contributed by atoms with Gasteiger partial charge in [-0.3, -0.25) is 15.0 Å². The topological polar surface area (TPSA) is 132 Å². The number of nitrogens with zero attached hydrogens (tertiary/aromatic N) is 9. The monoisotopic (exact) mass is 2350 g/mol. The summed E-state index contributed by atoms with van der Waals surface area (Å²) in [6, 6.07) is 172. The van der Waals surface area contributed by atoms with Crippen molar-refractivity contribution < 1.29 is 76.4 Å². The average molecular weight is 2350 g/mol. The van der Waals surface area contributed by atoms with Crippen molar-refractivity contribution in [3.63, 3.8) is 0 Å². The number of oxazole rings is 3. The van der Waals surface area contributed by atoms with Gasteiger partial charge in [0.15, 0.2) is 0 Å². The fourth-order valence-electron chi connectivity index (χ4n) is 18.9. The van der Waals surface area contributed by atoms with Crippen LogP contribution in [0.15, 0.2) is 469 Å². The molecule has 9 heterocycles. The summed E-state index contributed by atoms with van der Waals surface area (Å²) in [5, 5.41) is 6.70. The Kier molecular flexibility index (Phi) is 24.8. The molecular formula is C126H75N9O3Pt3. The van der Waals surface area contributed by atoms with Gasteiger partial charge in [0.05, 0.1) is 16.6 Å². The molecule has 0 aliphatic rings. The molecule has 0 radical (unpaired) electrons. The summed E-state index contributed by atoms with van der Waals surface area (Å²) in [4.78, 5) is 28.2. The van der Waals surface area contributed by atoms with Gasteiger partial charge in [-0.05, 0) is 189 Å². The van der Waals surface area contributed by atoms with Gasteiger partial charge in [-0.2, -0.15) is 0 Å². The number of aromatic nitrogens is 9. The fraction of sp³-hybridized carbons (Fsp3) is 0. The van der Waals surface area contributed by atoms with Crippen molar-refractivity contribution in [2.45, 2.75) is 0 Å². The van der Waals surface area contributed by atoms with Gasteiger partial charge in [0.2, 0.25) is 0 Å². The standard InChI is InChI=1S/3C42H25N3O.3Pt/c1-2-11-28(12-3-1)29-20-22-30(23-21-29)35-26-32(42-44-37-17-5-7-19-40(37)46-42)27-39-41(35)34-15-4-6-18-38(34)45(39)33-14-10-13-31(25-33)36-16-8-9-24-43-36;1-2-10-28(11-3-1)29-19-21-30(22-20-29)34-14-9-15-36-35-24-23-32(42-44-38-17-4-5-18-40(38)46-42)27-39(35)45(41(34)36)33-13-8-12-31(26-33)37-16-6-7-25-43-37;1-2-9-28(10-3-1)29-16-18-30(19-17-29)31-20-22-35-36-23-21-33(42-44-38-14-4-5-15-41(38)46-42)27-40(36)45(39(35)26-31)34-12-8-11-32(25-34)37-13-6-7-24-43-37;;;/h1-24,26H;1-25H;1-24,26H;;;/q3*-2;3*+2. The Hall–Kier alpha value is -16.7. The van der Waals surface area contributed by atoms with Crippen LogP contribution in [0.2, 0.25) is 0 Å². The van der Waals surface area contributed by atoms with Crippen molar-refractivity contribution in [1.29, 1.82) is 0 Å². The minimum Gasteiger partial charge on any atom is -0.481 e. The molecule has 0 N–H and O–H groups in total. The number of hydrogen-bond acceptors (Lipinski definition) is 9. The van der Waals surface area contributed by atoms with E-state index >= 15 is 0 Å². The van der Waals surface area contributed by atoms with Crippen molar-refractivity contribution in [2.24, 2.45) is 0 Å². The fourth-order valence-corrected chi connectivity index (χ4v) is 18.9. The molecule has 0 spiro atoms. The second kappa shape index (κ2) is 39.0. The van der Waals surface area contributed by atoms with Crippen LogP contribution in [0.25, 0.3) is 251 Å². The summed E-state index contributed by atoms with van der Waals surface area (Å²) in [6.45, 7) is 0. The summed E-state index contributed by atoms with van der Waals surface area (Å²) in [5.41, 5.74) is 35.1. The maximum atomic E-state index is 6.30. The molecule has 9 aromatic heterocycles. The Morgan fingerprint density at radius 3 is 1.01 bits per heavy atom. The van der Waals surface area contributed by atoms with E-state index in [1.165, 1.54) is 33.4 Å². The minimum absolute atomic E-state index is 0. The summed E-state index contributed by atoms with van der Waals surface area (Å²) in [7, 11) is 0. The molecule has 0 saturated carbocycles. The van der Waals surface area contributed by atoms with Gasteiger partial charge in [0.1, 0.15) is 34.4 Å². The zero-order valence-corrected chi connectivity index (χ0v) is 81.8. The molecule has 0 atom stereocenters. The van der Waals surface area contributed by atoms with Crippen LogP contribution in [0.1, 0.15) is 0 Å². The van der Waals surface area contributed by atoms with Gasteiger partial charge in [0, 0.05) is 40.7 Å². The van der Waals surface area contributed by atoms with E-state index in [1.807, 2.05) is 188 Å². The second-order valence-corrected chi connectivity index (χ2v) is 33.8. The molecular weight excluding hydrogens is 2270 g/mol. The molecule has 0 saturated heterocycles. The first-order valence-corrected chi connectivity index (χ1v) is 45.8. The Morgan fingerprint density at radius 1 is 0.206 bits per heavy atom. The molecule has 15 heteroatoms. The largest absolute Gasteiger partial charge is 2.00 e. The third kappa shape index (κ3) is 17.2. The molecule has 141 heavy (non-hydrogen) atoms. The minimum atomic E-state index is 0. The number of fused-ring (bicyclic) bond motifs is 12. The van der Waals surface area contributed by atoms with E-state index in [1.54, 1.807) is 0 Å². The summed E-state index contributed by atoms with van der Waals surface area (Å²) >= 11 is 0. The van der Waals surface area contributed by atoms with Crippen molar-refractivity contribution >= 4 is 98.7 Å². The molecule has 0 aliphatic carbocycles. The maximum absolute atomic E-state index is 6.30. The predicted molar refractivity (Wildman–Crippen MR) is 557 cm³/mol. The molecule has 0 amide bonds. The van der Waals surface area contributed by atoms with Gasteiger partial charge in [-0.25, -0.2) is 0 Å². The molecule has 27 aromatic rings. The van der Waals surface area contributed by atoms with E-state index < -0.39 is 0 Å². The number of hydrogen-bond donors (Lipinski definition) is 0. The second-order valence-electron chi connectivity index (χ2n) is 33.8. The van der Waals surface area contributed by atoms with E-state index in [9.17, 15) is 0 Å². The van der Waals surface area contributed by atoms with E-state index in [4.69, 9.17) is 28.2 Å². The molecule has 672 valence electrons. The van der Waals surface area contributed by atoms with E-state index in [0.717, 1.165) is 200 Å². The smallest absolute Gasteiger partial charge is 0.481 e. The number of rotatable bonds is 15.